The van der Waals surface area contributed by atoms with Crippen molar-refractivity contribution in [3.05, 3.63) is 16.1 Å². The van der Waals surface area contributed by atoms with Crippen LogP contribution < -0.4 is 5.73 Å². The predicted octanol–water partition coefficient (Wildman–Crippen LogP) is 2.09. The van der Waals surface area contributed by atoms with Gasteiger partial charge in [0.05, 0.1) is 12.3 Å². The molecule has 1 heterocycles. The molecule has 1 aromatic rings. The first-order valence-corrected chi connectivity index (χ1v) is 5.34. The molecule has 0 spiro atoms. The maximum Gasteiger partial charge on any atom is 0.119 e. The van der Waals surface area contributed by atoms with E-state index in [1.54, 1.807) is 18.4 Å². The minimum atomic E-state index is 0.0897. The van der Waals surface area contributed by atoms with Crippen LogP contribution in [-0.4, -0.2) is 12.1 Å². The van der Waals surface area contributed by atoms with E-state index in [2.05, 4.69) is 11.9 Å². The molecule has 0 aliphatic heterocycles. The van der Waals surface area contributed by atoms with E-state index in [1.807, 2.05) is 5.38 Å². The van der Waals surface area contributed by atoms with Crippen LogP contribution in [0.2, 0.25) is 0 Å². The summed E-state index contributed by atoms with van der Waals surface area (Å²) in [5.41, 5.74) is 6.92. The molecule has 0 saturated carbocycles. The third-order valence-corrected chi connectivity index (χ3v) is 2.66. The summed E-state index contributed by atoms with van der Waals surface area (Å²) in [6, 6.07) is 0.0897. The second-order valence-corrected chi connectivity index (χ2v) is 3.94. The highest BCUT2D eigenvalue weighted by Crippen LogP contribution is 2.18. The number of thiazole rings is 1. The van der Waals surface area contributed by atoms with Crippen molar-refractivity contribution in [1.29, 1.82) is 0 Å². The van der Waals surface area contributed by atoms with Gasteiger partial charge in [-0.3, -0.25) is 0 Å². The number of nitrogens with two attached hydrogens (primary N) is 1. The molecule has 1 aromatic heterocycles. The zero-order valence-corrected chi connectivity index (χ0v) is 8.93. The summed E-state index contributed by atoms with van der Waals surface area (Å²) in [6.07, 6.45) is 2.09. The monoisotopic (exact) mass is 200 g/mol. The SMILES string of the molecule is CCCC(N)c1csc(COC)n1. The molecule has 0 aliphatic carbocycles. The van der Waals surface area contributed by atoms with Crippen LogP contribution in [0.1, 0.15) is 36.5 Å². The summed E-state index contributed by atoms with van der Waals surface area (Å²) < 4.78 is 4.99. The largest absolute Gasteiger partial charge is 0.378 e. The average Bonchev–Trinajstić information content (AvgIpc) is 2.54. The van der Waals surface area contributed by atoms with Gasteiger partial charge in [0.15, 0.2) is 0 Å². The van der Waals surface area contributed by atoms with Crippen LogP contribution in [0, 0.1) is 0 Å². The van der Waals surface area contributed by atoms with Crippen molar-refractivity contribution in [2.75, 3.05) is 7.11 Å². The lowest BCUT2D eigenvalue weighted by atomic mass is 10.1. The van der Waals surface area contributed by atoms with Crippen molar-refractivity contribution in [2.24, 2.45) is 5.73 Å². The number of aromatic nitrogens is 1. The molecule has 4 heteroatoms. The Hall–Kier alpha value is -0.450. The molecule has 13 heavy (non-hydrogen) atoms. The topological polar surface area (TPSA) is 48.1 Å². The zero-order valence-electron chi connectivity index (χ0n) is 8.12. The first-order valence-electron chi connectivity index (χ1n) is 4.46. The number of hydrogen-bond acceptors (Lipinski definition) is 4. The van der Waals surface area contributed by atoms with Crippen LogP contribution in [0.4, 0.5) is 0 Å². The summed E-state index contributed by atoms with van der Waals surface area (Å²) in [7, 11) is 1.67. The lowest BCUT2D eigenvalue weighted by Gasteiger charge is -2.05. The Morgan fingerprint density at radius 3 is 3.08 bits per heavy atom. The summed E-state index contributed by atoms with van der Waals surface area (Å²) >= 11 is 1.61. The molecule has 1 rings (SSSR count). The summed E-state index contributed by atoms with van der Waals surface area (Å²) in [4.78, 5) is 4.39. The van der Waals surface area contributed by atoms with E-state index in [1.165, 1.54) is 0 Å². The molecule has 74 valence electrons. The summed E-state index contributed by atoms with van der Waals surface area (Å²) in [5, 5.41) is 3.03. The third kappa shape index (κ3) is 3.06. The lowest BCUT2D eigenvalue weighted by molar-refractivity contribution is 0.184. The van der Waals surface area contributed by atoms with Crippen LogP contribution in [0.3, 0.4) is 0 Å². The maximum absolute atomic E-state index is 5.92. The minimum absolute atomic E-state index is 0.0897. The van der Waals surface area contributed by atoms with Gasteiger partial charge in [-0.2, -0.15) is 0 Å². The summed E-state index contributed by atoms with van der Waals surface area (Å²) in [6.45, 7) is 2.71. The van der Waals surface area contributed by atoms with Gasteiger partial charge in [0.2, 0.25) is 0 Å². The van der Waals surface area contributed by atoms with Gasteiger partial charge in [-0.15, -0.1) is 11.3 Å². The molecular formula is C9H16N2OS. The second-order valence-electron chi connectivity index (χ2n) is 2.99. The van der Waals surface area contributed by atoms with E-state index in [9.17, 15) is 0 Å². The van der Waals surface area contributed by atoms with Crippen molar-refractivity contribution in [1.82, 2.24) is 4.98 Å². The molecule has 0 amide bonds. The quantitative estimate of drug-likeness (QED) is 0.791. The molecule has 0 fully saturated rings. The Kier molecular flexibility index (Phi) is 4.35. The van der Waals surface area contributed by atoms with Crippen molar-refractivity contribution >= 4 is 11.3 Å². The number of hydrogen-bond donors (Lipinski definition) is 1. The van der Waals surface area contributed by atoms with E-state index in [0.29, 0.717) is 6.61 Å². The van der Waals surface area contributed by atoms with E-state index < -0.39 is 0 Å². The van der Waals surface area contributed by atoms with Gasteiger partial charge in [-0.1, -0.05) is 13.3 Å². The van der Waals surface area contributed by atoms with Gasteiger partial charge in [0.25, 0.3) is 0 Å². The summed E-state index contributed by atoms with van der Waals surface area (Å²) in [5.74, 6) is 0. The Morgan fingerprint density at radius 2 is 2.46 bits per heavy atom. The number of ether oxygens (including phenoxy) is 1. The van der Waals surface area contributed by atoms with E-state index in [-0.39, 0.29) is 6.04 Å². The molecule has 1 atom stereocenters. The van der Waals surface area contributed by atoms with Crippen LogP contribution in [0.25, 0.3) is 0 Å². The smallest absolute Gasteiger partial charge is 0.119 e. The number of methoxy groups -OCH3 is 1. The molecule has 0 bridgehead atoms. The molecule has 0 aliphatic rings. The first kappa shape index (κ1) is 10.6. The fraction of sp³-hybridized carbons (Fsp3) is 0.667. The van der Waals surface area contributed by atoms with E-state index >= 15 is 0 Å². The Labute approximate surface area is 82.9 Å². The minimum Gasteiger partial charge on any atom is -0.378 e. The van der Waals surface area contributed by atoms with Crippen molar-refractivity contribution in [2.45, 2.75) is 32.4 Å². The van der Waals surface area contributed by atoms with E-state index in [4.69, 9.17) is 10.5 Å². The van der Waals surface area contributed by atoms with Gasteiger partial charge in [-0.25, -0.2) is 4.98 Å². The van der Waals surface area contributed by atoms with Gasteiger partial charge in [0, 0.05) is 18.5 Å². The second kappa shape index (κ2) is 5.32. The highest BCUT2D eigenvalue weighted by molar-refractivity contribution is 7.09. The molecule has 0 saturated heterocycles. The molecule has 0 aromatic carbocycles. The number of rotatable bonds is 5. The predicted molar refractivity (Wildman–Crippen MR) is 54.7 cm³/mol. The Balaban J connectivity index is 2.56. The molecule has 0 radical (unpaired) electrons. The van der Waals surface area contributed by atoms with Crippen molar-refractivity contribution in [3.8, 4) is 0 Å². The highest BCUT2D eigenvalue weighted by Gasteiger charge is 2.08. The highest BCUT2D eigenvalue weighted by atomic mass is 32.1. The normalized spacial score (nSPS) is 13.2. The third-order valence-electron chi connectivity index (χ3n) is 1.82. The standard InChI is InChI=1S/C9H16N2OS/c1-3-4-7(10)8-6-13-9(11-8)5-12-2/h6-7H,3-5,10H2,1-2H3. The van der Waals surface area contributed by atoms with Gasteiger partial charge >= 0.3 is 0 Å². The van der Waals surface area contributed by atoms with Crippen LogP contribution in [-0.2, 0) is 11.3 Å². The van der Waals surface area contributed by atoms with Crippen molar-refractivity contribution < 1.29 is 4.74 Å². The maximum atomic E-state index is 5.92. The fourth-order valence-electron chi connectivity index (χ4n) is 1.14. The molecule has 1 unspecified atom stereocenters. The molecule has 3 nitrogen and oxygen atoms in total. The van der Waals surface area contributed by atoms with Gasteiger partial charge < -0.3 is 10.5 Å². The van der Waals surface area contributed by atoms with Gasteiger partial charge in [0.1, 0.15) is 5.01 Å². The Morgan fingerprint density at radius 1 is 1.69 bits per heavy atom. The number of nitrogens with zero attached hydrogens (tertiary/aromatic N) is 1. The van der Waals surface area contributed by atoms with Crippen molar-refractivity contribution in [3.63, 3.8) is 0 Å². The van der Waals surface area contributed by atoms with Crippen LogP contribution in [0.15, 0.2) is 5.38 Å². The lowest BCUT2D eigenvalue weighted by Crippen LogP contribution is -2.10. The molecule has 2 N–H and O–H groups in total. The zero-order chi connectivity index (χ0) is 9.68. The van der Waals surface area contributed by atoms with Crippen LogP contribution >= 0.6 is 11.3 Å². The van der Waals surface area contributed by atoms with Gasteiger partial charge in [-0.05, 0) is 6.42 Å². The first-order chi connectivity index (χ1) is 6.27. The Bertz CT molecular complexity index is 250. The average molecular weight is 200 g/mol. The van der Waals surface area contributed by atoms with E-state index in [0.717, 1.165) is 23.5 Å². The molecular weight excluding hydrogens is 184 g/mol. The fourth-order valence-corrected chi connectivity index (χ4v) is 1.97. The van der Waals surface area contributed by atoms with Crippen LogP contribution in [0.5, 0.6) is 0 Å².